The Morgan fingerprint density at radius 1 is 1.00 bits per heavy atom. The fourth-order valence-corrected chi connectivity index (χ4v) is 3.86. The number of aryl methyl sites for hydroxylation is 1. The summed E-state index contributed by atoms with van der Waals surface area (Å²) in [6, 6.07) is 21.4. The second-order valence-corrected chi connectivity index (χ2v) is 8.21. The first-order valence-electron chi connectivity index (χ1n) is 11.4. The number of furan rings is 1. The summed E-state index contributed by atoms with van der Waals surface area (Å²) in [5.41, 5.74) is 2.80. The molecule has 2 heterocycles. The molecule has 34 heavy (non-hydrogen) atoms. The molecule has 0 radical (unpaired) electrons. The molecule has 4 aromatic rings. The molecule has 0 spiro atoms. The van der Waals surface area contributed by atoms with Gasteiger partial charge in [0, 0.05) is 25.7 Å². The van der Waals surface area contributed by atoms with Crippen LogP contribution in [0.3, 0.4) is 0 Å². The van der Waals surface area contributed by atoms with Crippen LogP contribution in [0.2, 0.25) is 0 Å². The molecular formula is C27H31N3O4. The van der Waals surface area contributed by atoms with Crippen LogP contribution in [0, 0.1) is 0 Å². The predicted octanol–water partition coefficient (Wildman–Crippen LogP) is 5.25. The van der Waals surface area contributed by atoms with Gasteiger partial charge in [0.05, 0.1) is 31.6 Å². The van der Waals surface area contributed by atoms with Gasteiger partial charge in [-0.2, -0.15) is 5.10 Å². The van der Waals surface area contributed by atoms with Crippen molar-refractivity contribution in [3.63, 3.8) is 0 Å². The van der Waals surface area contributed by atoms with Crippen molar-refractivity contribution < 1.29 is 19.0 Å². The van der Waals surface area contributed by atoms with Gasteiger partial charge in [-0.1, -0.05) is 37.3 Å². The molecule has 2 aromatic heterocycles. The third-order valence-electron chi connectivity index (χ3n) is 5.69. The molecule has 0 unspecified atom stereocenters. The first-order valence-corrected chi connectivity index (χ1v) is 11.4. The SMILES string of the molecule is CC[C@H](O)CN(Cc1ccco1)Cc1c(-c2ccccc2)nn(C)c1Oc1ccc(OC)cc1. The van der Waals surface area contributed by atoms with Gasteiger partial charge < -0.3 is 19.0 Å². The van der Waals surface area contributed by atoms with Crippen LogP contribution in [0.5, 0.6) is 17.4 Å². The number of methoxy groups -OCH3 is 1. The van der Waals surface area contributed by atoms with Crippen LogP contribution in [-0.2, 0) is 20.1 Å². The average molecular weight is 462 g/mol. The monoisotopic (exact) mass is 461 g/mol. The molecule has 2 aromatic carbocycles. The fraction of sp³-hybridized carbons (Fsp3) is 0.296. The third-order valence-corrected chi connectivity index (χ3v) is 5.69. The van der Waals surface area contributed by atoms with E-state index >= 15 is 0 Å². The van der Waals surface area contributed by atoms with Gasteiger partial charge in [0.25, 0.3) is 0 Å². The number of aliphatic hydroxyl groups is 1. The molecule has 4 rings (SSSR count). The summed E-state index contributed by atoms with van der Waals surface area (Å²) in [4.78, 5) is 2.16. The van der Waals surface area contributed by atoms with Crippen LogP contribution in [0.15, 0.2) is 77.4 Å². The number of hydrogen-bond donors (Lipinski definition) is 1. The van der Waals surface area contributed by atoms with Crippen LogP contribution < -0.4 is 9.47 Å². The minimum atomic E-state index is -0.447. The molecule has 1 atom stereocenters. The number of aliphatic hydroxyl groups excluding tert-OH is 1. The van der Waals surface area contributed by atoms with E-state index in [0.717, 1.165) is 28.3 Å². The largest absolute Gasteiger partial charge is 0.497 e. The Hall–Kier alpha value is -3.55. The van der Waals surface area contributed by atoms with E-state index in [1.165, 1.54) is 0 Å². The van der Waals surface area contributed by atoms with E-state index in [1.807, 2.05) is 80.7 Å². The van der Waals surface area contributed by atoms with E-state index in [-0.39, 0.29) is 0 Å². The summed E-state index contributed by atoms with van der Waals surface area (Å²) in [6.07, 6.45) is 1.89. The summed E-state index contributed by atoms with van der Waals surface area (Å²) in [5, 5.41) is 15.3. The Kier molecular flexibility index (Phi) is 7.67. The van der Waals surface area contributed by atoms with Crippen molar-refractivity contribution in [2.75, 3.05) is 13.7 Å². The first kappa shape index (κ1) is 23.6. The van der Waals surface area contributed by atoms with Gasteiger partial charge in [0.1, 0.15) is 23.0 Å². The molecule has 7 heteroatoms. The number of aromatic nitrogens is 2. The fourth-order valence-electron chi connectivity index (χ4n) is 3.86. The molecule has 0 fully saturated rings. The third kappa shape index (κ3) is 5.68. The zero-order valence-corrected chi connectivity index (χ0v) is 19.8. The van der Waals surface area contributed by atoms with Crippen LogP contribution in [-0.4, -0.2) is 39.5 Å². The predicted molar refractivity (Wildman–Crippen MR) is 131 cm³/mol. The standard InChI is InChI=1S/C27H31N3O4/c1-4-21(31)17-30(18-24-11-8-16-33-24)19-25-26(20-9-6-5-7-10-20)28-29(2)27(25)34-23-14-12-22(32-3)13-15-23/h5-16,21,31H,4,17-19H2,1-3H3/t21-/m0/s1. The van der Waals surface area contributed by atoms with Gasteiger partial charge in [-0.05, 0) is 42.8 Å². The topological polar surface area (TPSA) is 72.9 Å². The Bertz CT molecular complexity index is 1150. The van der Waals surface area contributed by atoms with Crippen molar-refractivity contribution in [2.45, 2.75) is 32.5 Å². The molecule has 0 bridgehead atoms. The molecule has 0 saturated carbocycles. The Morgan fingerprint density at radius 2 is 1.74 bits per heavy atom. The van der Waals surface area contributed by atoms with Crippen LogP contribution >= 0.6 is 0 Å². The second kappa shape index (κ2) is 11.0. The molecule has 7 nitrogen and oxygen atoms in total. The van der Waals surface area contributed by atoms with Crippen molar-refractivity contribution in [1.29, 1.82) is 0 Å². The Balaban J connectivity index is 1.72. The molecule has 0 saturated heterocycles. The van der Waals surface area contributed by atoms with Crippen LogP contribution in [0.4, 0.5) is 0 Å². The van der Waals surface area contributed by atoms with E-state index in [9.17, 15) is 5.11 Å². The summed E-state index contributed by atoms with van der Waals surface area (Å²) >= 11 is 0. The normalized spacial score (nSPS) is 12.1. The summed E-state index contributed by atoms with van der Waals surface area (Å²) in [5.74, 6) is 2.95. The van der Waals surface area contributed by atoms with E-state index in [4.69, 9.17) is 19.0 Å². The van der Waals surface area contributed by atoms with Crippen LogP contribution in [0.25, 0.3) is 11.3 Å². The van der Waals surface area contributed by atoms with Gasteiger partial charge in [0.15, 0.2) is 0 Å². The lowest BCUT2D eigenvalue weighted by atomic mass is 10.1. The molecule has 1 N–H and O–H groups in total. The zero-order chi connectivity index (χ0) is 23.9. The summed E-state index contributed by atoms with van der Waals surface area (Å²) < 4.78 is 19.0. The van der Waals surface area contributed by atoms with Gasteiger partial charge >= 0.3 is 0 Å². The molecule has 0 amide bonds. The lowest BCUT2D eigenvalue weighted by molar-refractivity contribution is 0.0970. The number of nitrogens with zero attached hydrogens (tertiary/aromatic N) is 3. The van der Waals surface area contributed by atoms with Gasteiger partial charge in [0.2, 0.25) is 5.88 Å². The van der Waals surface area contributed by atoms with Crippen molar-refractivity contribution in [3.05, 3.63) is 84.3 Å². The minimum absolute atomic E-state index is 0.447. The van der Waals surface area contributed by atoms with E-state index < -0.39 is 6.10 Å². The van der Waals surface area contributed by atoms with Crippen molar-refractivity contribution in [2.24, 2.45) is 7.05 Å². The highest BCUT2D eigenvalue weighted by molar-refractivity contribution is 5.65. The average Bonchev–Trinajstić information content (AvgIpc) is 3.48. The van der Waals surface area contributed by atoms with Gasteiger partial charge in [-0.15, -0.1) is 0 Å². The number of ether oxygens (including phenoxy) is 2. The highest BCUT2D eigenvalue weighted by atomic mass is 16.5. The highest BCUT2D eigenvalue weighted by Gasteiger charge is 2.23. The quantitative estimate of drug-likeness (QED) is 0.329. The Labute approximate surface area is 200 Å². The van der Waals surface area contributed by atoms with Gasteiger partial charge in [-0.3, -0.25) is 4.90 Å². The number of benzene rings is 2. The molecular weight excluding hydrogens is 430 g/mol. The van der Waals surface area contributed by atoms with Crippen molar-refractivity contribution >= 4 is 0 Å². The zero-order valence-electron chi connectivity index (χ0n) is 19.8. The molecule has 178 valence electrons. The Morgan fingerprint density at radius 3 is 2.38 bits per heavy atom. The summed E-state index contributed by atoms with van der Waals surface area (Å²) in [6.45, 7) is 3.58. The lowest BCUT2D eigenvalue weighted by Crippen LogP contribution is -2.31. The van der Waals surface area contributed by atoms with E-state index in [1.54, 1.807) is 18.1 Å². The van der Waals surface area contributed by atoms with Gasteiger partial charge in [-0.25, -0.2) is 4.68 Å². The van der Waals surface area contributed by atoms with Crippen molar-refractivity contribution in [3.8, 4) is 28.6 Å². The number of hydrogen-bond acceptors (Lipinski definition) is 6. The highest BCUT2D eigenvalue weighted by Crippen LogP contribution is 2.35. The molecule has 0 aliphatic carbocycles. The maximum atomic E-state index is 10.4. The van der Waals surface area contributed by atoms with Crippen molar-refractivity contribution in [1.82, 2.24) is 14.7 Å². The molecule has 0 aliphatic heterocycles. The minimum Gasteiger partial charge on any atom is -0.497 e. The van der Waals surface area contributed by atoms with E-state index in [2.05, 4.69) is 4.90 Å². The molecule has 0 aliphatic rings. The number of rotatable bonds is 11. The van der Waals surface area contributed by atoms with Crippen LogP contribution in [0.1, 0.15) is 24.7 Å². The lowest BCUT2D eigenvalue weighted by Gasteiger charge is -2.24. The summed E-state index contributed by atoms with van der Waals surface area (Å²) in [7, 11) is 3.52. The maximum absolute atomic E-state index is 10.4. The smallest absolute Gasteiger partial charge is 0.222 e. The first-order chi connectivity index (χ1) is 16.6. The second-order valence-electron chi connectivity index (χ2n) is 8.21. The van der Waals surface area contributed by atoms with E-state index in [0.29, 0.717) is 37.7 Å². The maximum Gasteiger partial charge on any atom is 0.222 e.